The van der Waals surface area contributed by atoms with Gasteiger partial charge in [-0.05, 0) is 16.3 Å². The average Bonchev–Trinajstić information content (AvgIpc) is 2.82. The van der Waals surface area contributed by atoms with Gasteiger partial charge in [0, 0.05) is 20.5 Å². The van der Waals surface area contributed by atoms with Crippen molar-refractivity contribution in [1.82, 2.24) is 18.7 Å². The first-order valence-electron chi connectivity index (χ1n) is 6.69. The molecule has 2 heterocycles. The van der Waals surface area contributed by atoms with Crippen LogP contribution in [0.3, 0.4) is 0 Å². The molecule has 0 saturated heterocycles. The van der Waals surface area contributed by atoms with E-state index in [9.17, 15) is 24.5 Å². The molecule has 2 aromatic rings. The zero-order valence-corrected chi connectivity index (χ0v) is 12.8. The lowest BCUT2D eigenvalue weighted by Gasteiger charge is -2.06. The largest absolute Gasteiger partial charge is 0.466 e. The molecule has 0 amide bonds. The highest BCUT2D eigenvalue weighted by atomic mass is 16.6. The number of fused-ring (bicyclic) bond motifs is 1. The zero-order chi connectivity index (χ0) is 17.3. The first-order chi connectivity index (χ1) is 10.8. The van der Waals surface area contributed by atoms with Crippen molar-refractivity contribution in [1.29, 1.82) is 0 Å². The maximum atomic E-state index is 12.4. The van der Waals surface area contributed by atoms with Gasteiger partial charge in [0.1, 0.15) is 0 Å². The van der Waals surface area contributed by atoms with Crippen molar-refractivity contribution in [3.8, 4) is 0 Å². The van der Waals surface area contributed by atoms with Crippen LogP contribution in [0.2, 0.25) is 0 Å². The summed E-state index contributed by atoms with van der Waals surface area (Å²) in [4.78, 5) is 49.3. The third-order valence-corrected chi connectivity index (χ3v) is 3.33. The summed E-state index contributed by atoms with van der Waals surface area (Å²) >= 11 is 0. The summed E-state index contributed by atoms with van der Waals surface area (Å²) in [5.74, 6) is -0.979. The third-order valence-electron chi connectivity index (χ3n) is 3.33. The molecule has 0 aliphatic carbocycles. The van der Waals surface area contributed by atoms with E-state index in [1.807, 2.05) is 0 Å². The molecule has 23 heavy (non-hydrogen) atoms. The quantitative estimate of drug-likeness (QED) is 0.307. The Balaban J connectivity index is 2.53. The number of carbonyl (C=O) groups is 1. The predicted octanol–water partition coefficient (Wildman–Crippen LogP) is -0.705. The molecule has 0 radical (unpaired) electrons. The minimum absolute atomic E-state index is 0.0215. The molecule has 0 aliphatic heterocycles. The van der Waals surface area contributed by atoms with E-state index in [0.717, 1.165) is 13.7 Å². The molecule has 0 atom stereocenters. The summed E-state index contributed by atoms with van der Waals surface area (Å²) in [5, 5.41) is 10.9. The van der Waals surface area contributed by atoms with E-state index in [-0.39, 0.29) is 30.7 Å². The van der Waals surface area contributed by atoms with Crippen LogP contribution < -0.4 is 11.2 Å². The number of rotatable bonds is 5. The van der Waals surface area contributed by atoms with Crippen molar-refractivity contribution in [3.63, 3.8) is 0 Å². The van der Waals surface area contributed by atoms with E-state index in [1.165, 1.54) is 21.0 Å². The highest BCUT2D eigenvalue weighted by molar-refractivity contribution is 5.72. The molecular formula is C12H15N5O6. The summed E-state index contributed by atoms with van der Waals surface area (Å²) in [7, 11) is 2.71. The Hall–Kier alpha value is -2.98. The molecule has 0 N–H and O–H groups in total. The second-order valence-electron chi connectivity index (χ2n) is 4.89. The van der Waals surface area contributed by atoms with Crippen molar-refractivity contribution in [2.75, 3.05) is 6.61 Å². The van der Waals surface area contributed by atoms with E-state index < -0.39 is 28.1 Å². The van der Waals surface area contributed by atoms with Gasteiger partial charge < -0.3 is 14.9 Å². The van der Waals surface area contributed by atoms with Crippen LogP contribution in [0, 0.1) is 10.1 Å². The fraction of sp³-hybridized carbons (Fsp3) is 0.500. The summed E-state index contributed by atoms with van der Waals surface area (Å²) in [5.41, 5.74) is -1.40. The molecule has 11 nitrogen and oxygen atoms in total. The topological polar surface area (TPSA) is 131 Å². The number of imidazole rings is 1. The first-order valence-corrected chi connectivity index (χ1v) is 6.69. The highest BCUT2D eigenvalue weighted by Crippen LogP contribution is 2.14. The van der Waals surface area contributed by atoms with Crippen molar-refractivity contribution < 1.29 is 14.5 Å². The molecule has 2 aromatic heterocycles. The average molecular weight is 325 g/mol. The lowest BCUT2D eigenvalue weighted by Crippen LogP contribution is -2.39. The molecule has 0 fully saturated rings. The molecule has 0 unspecified atom stereocenters. The number of hydrogen-bond acceptors (Lipinski definition) is 7. The second kappa shape index (κ2) is 6.02. The number of aromatic nitrogens is 4. The normalized spacial score (nSPS) is 10.9. The molecule has 11 heteroatoms. The van der Waals surface area contributed by atoms with Gasteiger partial charge >= 0.3 is 17.6 Å². The Bertz CT molecular complexity index is 905. The summed E-state index contributed by atoms with van der Waals surface area (Å²) in [6, 6.07) is 0. The minimum atomic E-state index is -0.727. The van der Waals surface area contributed by atoms with Gasteiger partial charge in [0.2, 0.25) is 5.52 Å². The van der Waals surface area contributed by atoms with Gasteiger partial charge in [-0.3, -0.25) is 18.7 Å². The number of hydrogen-bond donors (Lipinski definition) is 0. The molecule has 0 aromatic carbocycles. The molecule has 124 valence electrons. The van der Waals surface area contributed by atoms with E-state index in [1.54, 1.807) is 0 Å². The number of nitrogens with zero attached hydrogens (tertiary/aromatic N) is 5. The van der Waals surface area contributed by atoms with Crippen LogP contribution in [-0.4, -0.2) is 36.2 Å². The molecule has 0 saturated carbocycles. The first kappa shape index (κ1) is 16.4. The van der Waals surface area contributed by atoms with Crippen molar-refractivity contribution in [2.45, 2.75) is 19.9 Å². The van der Waals surface area contributed by atoms with Crippen molar-refractivity contribution in [3.05, 3.63) is 31.0 Å². The number of ether oxygens (including phenoxy) is 1. The smallest absolute Gasteiger partial charge is 0.437 e. The van der Waals surface area contributed by atoms with Gasteiger partial charge in [0.25, 0.3) is 11.2 Å². The van der Waals surface area contributed by atoms with Crippen LogP contribution in [0.1, 0.15) is 13.3 Å². The summed E-state index contributed by atoms with van der Waals surface area (Å²) in [6.45, 7) is 1.34. The second-order valence-corrected chi connectivity index (χ2v) is 4.89. The van der Waals surface area contributed by atoms with Crippen LogP contribution in [-0.2, 0) is 30.2 Å². The van der Waals surface area contributed by atoms with Crippen LogP contribution in [0.4, 0.5) is 5.95 Å². The number of nitro groups is 1. The van der Waals surface area contributed by atoms with E-state index in [0.29, 0.717) is 0 Å². The van der Waals surface area contributed by atoms with Crippen molar-refractivity contribution >= 4 is 23.1 Å². The Kier molecular flexibility index (Phi) is 4.29. The Morgan fingerprint density at radius 3 is 2.52 bits per heavy atom. The standard InChI is InChI=1S/C12H15N5O6/c1-7(18)23-6-4-5-16-10(19)8-9(15(3)12(16)20)13-11(14(8)2)17(21)22/h4-6H2,1-3H3. The molecule has 2 rings (SSSR count). The molecule has 0 bridgehead atoms. The molecular weight excluding hydrogens is 310 g/mol. The number of carbonyl (C=O) groups excluding carboxylic acids is 1. The summed E-state index contributed by atoms with van der Waals surface area (Å²) < 4.78 is 7.81. The lowest BCUT2D eigenvalue weighted by molar-refractivity contribution is -0.396. The fourth-order valence-electron chi connectivity index (χ4n) is 2.23. The fourth-order valence-corrected chi connectivity index (χ4v) is 2.23. The minimum Gasteiger partial charge on any atom is -0.466 e. The lowest BCUT2D eigenvalue weighted by atomic mass is 10.4. The Morgan fingerprint density at radius 1 is 1.30 bits per heavy atom. The summed E-state index contributed by atoms with van der Waals surface area (Å²) in [6.07, 6.45) is 0.264. The van der Waals surface area contributed by atoms with Gasteiger partial charge in [-0.1, -0.05) is 0 Å². The van der Waals surface area contributed by atoms with Gasteiger partial charge in [-0.2, -0.15) is 0 Å². The van der Waals surface area contributed by atoms with Gasteiger partial charge in [0.05, 0.1) is 13.7 Å². The molecule has 0 aliphatic rings. The van der Waals surface area contributed by atoms with Crippen LogP contribution in [0.15, 0.2) is 9.59 Å². The monoisotopic (exact) mass is 325 g/mol. The predicted molar refractivity (Wildman–Crippen MR) is 78.1 cm³/mol. The van der Waals surface area contributed by atoms with Crippen LogP contribution >= 0.6 is 0 Å². The van der Waals surface area contributed by atoms with Crippen LogP contribution in [0.5, 0.6) is 0 Å². The third kappa shape index (κ3) is 2.84. The van der Waals surface area contributed by atoms with Crippen LogP contribution in [0.25, 0.3) is 11.2 Å². The van der Waals surface area contributed by atoms with Gasteiger partial charge in [-0.25, -0.2) is 9.36 Å². The number of esters is 1. The Labute approximate surface area is 128 Å². The van der Waals surface area contributed by atoms with Gasteiger partial charge in [0.15, 0.2) is 0 Å². The van der Waals surface area contributed by atoms with E-state index in [2.05, 4.69) is 4.98 Å². The number of aryl methyl sites for hydroxylation is 2. The maximum Gasteiger partial charge on any atom is 0.437 e. The zero-order valence-electron chi connectivity index (χ0n) is 12.8. The molecule has 0 spiro atoms. The Morgan fingerprint density at radius 2 is 1.96 bits per heavy atom. The SMILES string of the molecule is CC(=O)OCCCn1c(=O)c2c(nc([N+](=O)[O-])n2C)n(C)c1=O. The van der Waals surface area contributed by atoms with E-state index in [4.69, 9.17) is 4.74 Å². The maximum absolute atomic E-state index is 12.4. The highest BCUT2D eigenvalue weighted by Gasteiger charge is 2.26. The van der Waals surface area contributed by atoms with Gasteiger partial charge in [-0.15, -0.1) is 0 Å². The van der Waals surface area contributed by atoms with Crippen molar-refractivity contribution in [2.24, 2.45) is 14.1 Å². The van der Waals surface area contributed by atoms with E-state index >= 15 is 0 Å².